The van der Waals surface area contributed by atoms with E-state index in [9.17, 15) is 9.90 Å². The molecule has 1 saturated carbocycles. The molecular weight excluding hydrogens is 352 g/mol. The van der Waals surface area contributed by atoms with Gasteiger partial charge in [-0.2, -0.15) is 0 Å². The van der Waals surface area contributed by atoms with Crippen LogP contribution in [0, 0.1) is 22.7 Å². The molecule has 1 N–H and O–H groups in total. The highest BCUT2D eigenvalue weighted by molar-refractivity contribution is 5.70. The number of allylic oxidation sites excluding steroid dienone is 2. The Morgan fingerprint density at radius 3 is 2.50 bits per heavy atom. The summed E-state index contributed by atoms with van der Waals surface area (Å²) in [6, 6.07) is 0. The second kappa shape index (κ2) is 7.75. The van der Waals surface area contributed by atoms with E-state index in [1.54, 1.807) is 18.1 Å². The first-order valence-corrected chi connectivity index (χ1v) is 11.2. The van der Waals surface area contributed by atoms with Crippen LogP contribution in [0.15, 0.2) is 11.1 Å². The maximum atomic E-state index is 11.2. The summed E-state index contributed by atoms with van der Waals surface area (Å²) >= 11 is 0. The first kappa shape index (κ1) is 21.8. The van der Waals surface area contributed by atoms with Crippen molar-refractivity contribution in [2.24, 2.45) is 22.7 Å². The summed E-state index contributed by atoms with van der Waals surface area (Å²) < 4.78 is 0. The highest BCUT2D eigenvalue weighted by Crippen LogP contribution is 2.60. The lowest BCUT2D eigenvalue weighted by atomic mass is 9.50. The van der Waals surface area contributed by atoms with Crippen molar-refractivity contribution < 1.29 is 19.7 Å². The predicted octanol–water partition coefficient (Wildman–Crippen LogP) is 6.30. The highest BCUT2D eigenvalue weighted by Gasteiger charge is 2.50. The summed E-state index contributed by atoms with van der Waals surface area (Å²) in [7, 11) is 0. The van der Waals surface area contributed by atoms with Gasteiger partial charge in [-0.25, -0.2) is 9.78 Å². The van der Waals surface area contributed by atoms with E-state index in [0.717, 1.165) is 31.6 Å². The SMILES string of the molecule is CC1=C(CC[C@]2(C)CC[C@H]([C@@H](C)C(=O)O)OO2)[C@@]2(C)CCCC(C)(C)[C@@H]2CC1. The Morgan fingerprint density at radius 2 is 1.89 bits per heavy atom. The first-order chi connectivity index (χ1) is 13.0. The monoisotopic (exact) mass is 392 g/mol. The average molecular weight is 393 g/mol. The lowest BCUT2D eigenvalue weighted by Crippen LogP contribution is -2.46. The zero-order valence-corrected chi connectivity index (χ0v) is 18.8. The Balaban J connectivity index is 1.67. The molecule has 0 spiro atoms. The van der Waals surface area contributed by atoms with Gasteiger partial charge in [-0.05, 0) is 88.9 Å². The fourth-order valence-electron chi connectivity index (χ4n) is 6.45. The molecule has 28 heavy (non-hydrogen) atoms. The van der Waals surface area contributed by atoms with Crippen molar-refractivity contribution in [3.63, 3.8) is 0 Å². The second-order valence-electron chi connectivity index (χ2n) is 10.9. The van der Waals surface area contributed by atoms with Gasteiger partial charge in [0, 0.05) is 0 Å². The van der Waals surface area contributed by atoms with Crippen LogP contribution in [0.3, 0.4) is 0 Å². The summed E-state index contributed by atoms with van der Waals surface area (Å²) in [6.07, 6.45) is 9.78. The van der Waals surface area contributed by atoms with Gasteiger partial charge in [0.05, 0.1) is 5.92 Å². The van der Waals surface area contributed by atoms with E-state index in [0.29, 0.717) is 10.8 Å². The zero-order valence-electron chi connectivity index (χ0n) is 18.8. The normalized spacial score (nSPS) is 39.4. The van der Waals surface area contributed by atoms with Crippen molar-refractivity contribution in [3.05, 3.63) is 11.1 Å². The van der Waals surface area contributed by atoms with Crippen LogP contribution in [0.25, 0.3) is 0 Å². The van der Waals surface area contributed by atoms with Gasteiger partial charge in [0.1, 0.15) is 11.7 Å². The zero-order chi connectivity index (χ0) is 20.7. The third kappa shape index (κ3) is 4.05. The van der Waals surface area contributed by atoms with Gasteiger partial charge in [0.2, 0.25) is 0 Å². The standard InChI is InChI=1S/C24H40O4/c1-16-8-9-20-22(3,4)12-7-13-24(20,6)18(16)10-14-23(5)15-11-19(27-28-23)17(2)21(25)26/h17,19-20H,7-15H2,1-6H3,(H,25,26)/t17-,19-,20+,23-,24-/m1/s1. The van der Waals surface area contributed by atoms with Gasteiger partial charge < -0.3 is 5.11 Å². The predicted molar refractivity (Wildman–Crippen MR) is 111 cm³/mol. The molecule has 1 saturated heterocycles. The van der Waals surface area contributed by atoms with Gasteiger partial charge >= 0.3 is 5.97 Å². The van der Waals surface area contributed by atoms with Gasteiger partial charge in [0.15, 0.2) is 0 Å². The average Bonchev–Trinajstić information content (AvgIpc) is 2.60. The number of fused-ring (bicyclic) bond motifs is 1. The van der Waals surface area contributed by atoms with Crippen molar-refractivity contribution >= 4 is 5.97 Å². The summed E-state index contributed by atoms with van der Waals surface area (Å²) in [5.41, 5.74) is 3.68. The van der Waals surface area contributed by atoms with Crippen molar-refractivity contribution in [2.45, 2.75) is 111 Å². The van der Waals surface area contributed by atoms with Crippen LogP contribution >= 0.6 is 0 Å². The smallest absolute Gasteiger partial charge is 0.308 e. The molecule has 3 rings (SSSR count). The fraction of sp³-hybridized carbons (Fsp3) is 0.875. The van der Waals surface area contributed by atoms with E-state index >= 15 is 0 Å². The Labute approximate surface area is 171 Å². The maximum Gasteiger partial charge on any atom is 0.308 e. The van der Waals surface area contributed by atoms with Crippen molar-refractivity contribution in [3.8, 4) is 0 Å². The molecule has 0 aromatic carbocycles. The Kier molecular flexibility index (Phi) is 6.05. The number of carboxylic acid groups (broad SMARTS) is 1. The molecule has 0 unspecified atom stereocenters. The molecule has 0 radical (unpaired) electrons. The summed E-state index contributed by atoms with van der Waals surface area (Å²) in [5, 5.41) is 9.21. The molecule has 1 aliphatic heterocycles. The molecule has 0 bridgehead atoms. The lowest BCUT2D eigenvalue weighted by molar-refractivity contribution is -0.411. The third-order valence-corrected chi connectivity index (χ3v) is 8.42. The van der Waals surface area contributed by atoms with Crippen molar-refractivity contribution in [1.29, 1.82) is 0 Å². The molecule has 5 atom stereocenters. The third-order valence-electron chi connectivity index (χ3n) is 8.42. The van der Waals surface area contributed by atoms with Crippen LogP contribution in [0.1, 0.15) is 99.3 Å². The summed E-state index contributed by atoms with van der Waals surface area (Å²) in [5.74, 6) is -0.583. The molecule has 160 valence electrons. The number of hydrogen-bond donors (Lipinski definition) is 1. The van der Waals surface area contributed by atoms with Crippen LogP contribution in [-0.4, -0.2) is 22.8 Å². The maximum absolute atomic E-state index is 11.2. The summed E-state index contributed by atoms with van der Waals surface area (Å²) in [4.78, 5) is 22.6. The van der Waals surface area contributed by atoms with Gasteiger partial charge in [-0.3, -0.25) is 4.79 Å². The molecule has 4 heteroatoms. The van der Waals surface area contributed by atoms with Gasteiger partial charge in [-0.1, -0.05) is 38.3 Å². The number of rotatable bonds is 5. The van der Waals surface area contributed by atoms with Crippen LogP contribution < -0.4 is 0 Å². The van der Waals surface area contributed by atoms with Gasteiger partial charge in [0.25, 0.3) is 0 Å². The largest absolute Gasteiger partial charge is 0.481 e. The molecule has 0 aromatic heterocycles. The van der Waals surface area contributed by atoms with Crippen molar-refractivity contribution in [2.75, 3.05) is 0 Å². The molecular formula is C24H40O4. The number of aliphatic carboxylic acids is 1. The number of carboxylic acids is 1. The summed E-state index contributed by atoms with van der Waals surface area (Å²) in [6.45, 7) is 13.6. The van der Waals surface area contributed by atoms with E-state index in [1.807, 2.05) is 0 Å². The molecule has 3 aliphatic rings. The lowest BCUT2D eigenvalue weighted by Gasteiger charge is -2.55. The number of carbonyl (C=O) groups is 1. The van der Waals surface area contributed by atoms with E-state index < -0.39 is 11.9 Å². The molecule has 1 heterocycles. The minimum atomic E-state index is -0.820. The van der Waals surface area contributed by atoms with Gasteiger partial charge in [-0.15, -0.1) is 0 Å². The van der Waals surface area contributed by atoms with Crippen LogP contribution in [0.2, 0.25) is 0 Å². The molecule has 4 nitrogen and oxygen atoms in total. The van der Waals surface area contributed by atoms with Crippen molar-refractivity contribution in [1.82, 2.24) is 0 Å². The minimum absolute atomic E-state index is 0.316. The van der Waals surface area contributed by atoms with E-state index in [2.05, 4.69) is 34.6 Å². The highest BCUT2D eigenvalue weighted by atomic mass is 17.2. The van der Waals surface area contributed by atoms with E-state index in [-0.39, 0.29) is 11.7 Å². The molecule has 0 amide bonds. The van der Waals surface area contributed by atoms with E-state index in [1.165, 1.54) is 32.1 Å². The molecule has 2 aliphatic carbocycles. The fourth-order valence-corrected chi connectivity index (χ4v) is 6.45. The van der Waals surface area contributed by atoms with Crippen LogP contribution in [0.5, 0.6) is 0 Å². The topological polar surface area (TPSA) is 55.8 Å². The van der Waals surface area contributed by atoms with E-state index in [4.69, 9.17) is 9.78 Å². The molecule has 0 aromatic rings. The van der Waals surface area contributed by atoms with Crippen LogP contribution in [0.4, 0.5) is 0 Å². The Hall–Kier alpha value is -0.870. The number of hydrogen-bond acceptors (Lipinski definition) is 3. The Morgan fingerprint density at radius 1 is 1.18 bits per heavy atom. The van der Waals surface area contributed by atoms with Crippen LogP contribution in [-0.2, 0) is 14.6 Å². The second-order valence-corrected chi connectivity index (χ2v) is 10.9. The molecule has 2 fully saturated rings. The Bertz CT molecular complexity index is 627. The quantitative estimate of drug-likeness (QED) is 0.440. The first-order valence-electron chi connectivity index (χ1n) is 11.2. The minimum Gasteiger partial charge on any atom is -0.481 e.